The first kappa shape index (κ1) is 13.3. The molecule has 0 aliphatic rings. The number of hydrogen-bond donors (Lipinski definition) is 0. The summed E-state index contributed by atoms with van der Waals surface area (Å²) < 4.78 is 4.55. The van der Waals surface area contributed by atoms with Crippen LogP contribution in [0, 0.1) is 0 Å². The number of benzene rings is 1. The first-order valence-corrected chi connectivity index (χ1v) is 7.40. The molecule has 0 amide bonds. The van der Waals surface area contributed by atoms with Gasteiger partial charge in [-0.25, -0.2) is 4.40 Å². The predicted octanol–water partition coefficient (Wildman–Crippen LogP) is 4.68. The molecule has 0 radical (unpaired) electrons. The Bertz CT molecular complexity index is 508. The quantitative estimate of drug-likeness (QED) is 0.601. The van der Waals surface area contributed by atoms with E-state index in [4.69, 9.17) is 0 Å². The maximum atomic E-state index is 4.39. The van der Waals surface area contributed by atoms with Crippen molar-refractivity contribution in [2.24, 2.45) is 4.40 Å². The van der Waals surface area contributed by atoms with Crippen LogP contribution < -0.4 is 0 Å². The van der Waals surface area contributed by atoms with E-state index in [-0.39, 0.29) is 4.75 Å². The highest BCUT2D eigenvalue weighted by atomic mass is 32.2. The van der Waals surface area contributed by atoms with Crippen LogP contribution in [-0.2, 0) is 0 Å². The molecule has 2 rings (SSSR count). The Morgan fingerprint density at radius 2 is 1.94 bits per heavy atom. The highest BCUT2D eigenvalue weighted by Gasteiger charge is 2.08. The zero-order valence-corrected chi connectivity index (χ0v) is 12.4. The minimum Gasteiger partial charge on any atom is -0.252 e. The van der Waals surface area contributed by atoms with Gasteiger partial charge in [0.25, 0.3) is 0 Å². The Labute approximate surface area is 116 Å². The molecule has 0 bridgehead atoms. The largest absolute Gasteiger partial charge is 0.252 e. The maximum Gasteiger partial charge on any atom is 0.0797 e. The Hall–Kier alpha value is -1.13. The van der Waals surface area contributed by atoms with Crippen LogP contribution in [0.2, 0.25) is 0 Å². The summed E-state index contributed by atoms with van der Waals surface area (Å²) in [5.41, 5.74) is 4.18. The molecule has 0 atom stereocenters. The summed E-state index contributed by atoms with van der Waals surface area (Å²) in [6.45, 7) is 6.46. The molecule has 18 heavy (non-hydrogen) atoms. The molecule has 1 heterocycles. The van der Waals surface area contributed by atoms with Crippen LogP contribution in [0.25, 0.3) is 10.4 Å². The predicted molar refractivity (Wildman–Crippen MR) is 82.5 cm³/mol. The van der Waals surface area contributed by atoms with Crippen LogP contribution in [0.3, 0.4) is 0 Å². The SMILES string of the molecule is CC(C)(C)S/N=C/c1ccc(-c2cncs2)cc1. The summed E-state index contributed by atoms with van der Waals surface area (Å²) in [6.07, 6.45) is 3.80. The number of nitrogens with zero attached hydrogens (tertiary/aromatic N) is 2. The van der Waals surface area contributed by atoms with Gasteiger partial charge in [0.1, 0.15) is 0 Å². The lowest BCUT2D eigenvalue weighted by Gasteiger charge is -2.12. The van der Waals surface area contributed by atoms with Gasteiger partial charge in [-0.1, -0.05) is 24.3 Å². The van der Waals surface area contributed by atoms with Crippen LogP contribution in [0.15, 0.2) is 40.4 Å². The molecule has 1 aromatic heterocycles. The molecule has 0 aliphatic carbocycles. The summed E-state index contributed by atoms with van der Waals surface area (Å²) in [7, 11) is 0. The molecule has 94 valence electrons. The second-order valence-electron chi connectivity index (χ2n) is 4.93. The number of thiazole rings is 1. The van der Waals surface area contributed by atoms with Crippen molar-refractivity contribution in [2.75, 3.05) is 0 Å². The smallest absolute Gasteiger partial charge is 0.0797 e. The average molecular weight is 276 g/mol. The van der Waals surface area contributed by atoms with Gasteiger partial charge in [0.15, 0.2) is 0 Å². The van der Waals surface area contributed by atoms with Gasteiger partial charge >= 0.3 is 0 Å². The number of aromatic nitrogens is 1. The van der Waals surface area contributed by atoms with Gasteiger partial charge in [-0.15, -0.1) is 11.3 Å². The van der Waals surface area contributed by atoms with E-state index in [1.165, 1.54) is 10.4 Å². The molecule has 0 aliphatic heterocycles. The normalized spacial score (nSPS) is 12.2. The van der Waals surface area contributed by atoms with Gasteiger partial charge in [-0.3, -0.25) is 4.98 Å². The monoisotopic (exact) mass is 276 g/mol. The lowest BCUT2D eigenvalue weighted by atomic mass is 10.1. The minimum absolute atomic E-state index is 0.166. The van der Waals surface area contributed by atoms with Crippen LogP contribution in [-0.4, -0.2) is 15.9 Å². The van der Waals surface area contributed by atoms with E-state index in [9.17, 15) is 0 Å². The Morgan fingerprint density at radius 1 is 1.22 bits per heavy atom. The van der Waals surface area contributed by atoms with E-state index in [0.29, 0.717) is 0 Å². The van der Waals surface area contributed by atoms with E-state index in [1.54, 1.807) is 23.3 Å². The summed E-state index contributed by atoms with van der Waals surface area (Å²) in [4.78, 5) is 5.28. The fraction of sp³-hybridized carbons (Fsp3) is 0.286. The van der Waals surface area contributed by atoms with E-state index in [2.05, 4.69) is 54.4 Å². The van der Waals surface area contributed by atoms with Gasteiger partial charge < -0.3 is 0 Å². The Balaban J connectivity index is 2.04. The van der Waals surface area contributed by atoms with Gasteiger partial charge in [-0.2, -0.15) is 0 Å². The molecule has 4 heteroatoms. The van der Waals surface area contributed by atoms with Crippen molar-refractivity contribution >= 4 is 29.5 Å². The molecule has 0 spiro atoms. The highest BCUT2D eigenvalue weighted by molar-refractivity contribution is 7.99. The lowest BCUT2D eigenvalue weighted by molar-refractivity contribution is 0.804. The Kier molecular flexibility index (Phi) is 4.19. The topological polar surface area (TPSA) is 25.2 Å². The van der Waals surface area contributed by atoms with E-state index in [1.807, 2.05) is 17.9 Å². The van der Waals surface area contributed by atoms with Gasteiger partial charge in [-0.05, 0) is 43.8 Å². The van der Waals surface area contributed by atoms with Crippen LogP contribution in [0.4, 0.5) is 0 Å². The van der Waals surface area contributed by atoms with E-state index < -0.39 is 0 Å². The zero-order chi connectivity index (χ0) is 13.0. The average Bonchev–Trinajstić information content (AvgIpc) is 2.82. The van der Waals surface area contributed by atoms with Crippen molar-refractivity contribution in [3.05, 3.63) is 41.5 Å². The third-order valence-electron chi connectivity index (χ3n) is 2.16. The van der Waals surface area contributed by atoms with Crippen molar-refractivity contribution in [1.29, 1.82) is 0 Å². The Morgan fingerprint density at radius 3 is 2.50 bits per heavy atom. The summed E-state index contributed by atoms with van der Waals surface area (Å²) >= 11 is 3.25. The second-order valence-corrected chi connectivity index (χ2v) is 7.43. The van der Waals surface area contributed by atoms with Crippen molar-refractivity contribution in [2.45, 2.75) is 25.5 Å². The van der Waals surface area contributed by atoms with E-state index in [0.717, 1.165) is 5.56 Å². The molecule has 1 aromatic carbocycles. The first-order valence-electron chi connectivity index (χ1n) is 5.75. The molecule has 0 unspecified atom stereocenters. The lowest BCUT2D eigenvalue weighted by Crippen LogP contribution is -2.04. The fourth-order valence-corrected chi connectivity index (χ4v) is 2.46. The van der Waals surface area contributed by atoms with Crippen molar-refractivity contribution in [3.8, 4) is 10.4 Å². The molecule has 0 saturated carbocycles. The molecular formula is C14H16N2S2. The number of hydrogen-bond acceptors (Lipinski definition) is 4. The molecule has 2 aromatic rings. The second kappa shape index (κ2) is 5.67. The van der Waals surface area contributed by atoms with Crippen molar-refractivity contribution < 1.29 is 0 Å². The highest BCUT2D eigenvalue weighted by Crippen LogP contribution is 2.25. The minimum atomic E-state index is 0.166. The molecule has 0 N–H and O–H groups in total. The third-order valence-corrected chi connectivity index (χ3v) is 3.74. The summed E-state index contributed by atoms with van der Waals surface area (Å²) in [5, 5.41) is 0. The van der Waals surface area contributed by atoms with Crippen LogP contribution in [0.5, 0.6) is 0 Å². The van der Waals surface area contributed by atoms with Crippen LogP contribution >= 0.6 is 23.3 Å². The van der Waals surface area contributed by atoms with E-state index >= 15 is 0 Å². The van der Waals surface area contributed by atoms with Gasteiger partial charge in [0.2, 0.25) is 0 Å². The van der Waals surface area contributed by atoms with Crippen molar-refractivity contribution in [3.63, 3.8) is 0 Å². The van der Waals surface area contributed by atoms with Gasteiger partial charge in [0, 0.05) is 17.2 Å². The third kappa shape index (κ3) is 3.96. The summed E-state index contributed by atoms with van der Waals surface area (Å²) in [5.74, 6) is 0. The number of rotatable bonds is 3. The van der Waals surface area contributed by atoms with Crippen molar-refractivity contribution in [1.82, 2.24) is 4.98 Å². The fourth-order valence-electron chi connectivity index (χ4n) is 1.34. The molecular weight excluding hydrogens is 260 g/mol. The molecule has 0 fully saturated rings. The first-order chi connectivity index (χ1) is 8.54. The van der Waals surface area contributed by atoms with Crippen LogP contribution in [0.1, 0.15) is 26.3 Å². The standard InChI is InChI=1S/C14H16N2S2/c1-14(2,3)18-16-8-11-4-6-12(7-5-11)13-9-15-10-17-13/h4-10H,1-3H3/b16-8+. The summed E-state index contributed by atoms with van der Waals surface area (Å²) in [6, 6.07) is 8.39. The molecule has 0 saturated heterocycles. The van der Waals surface area contributed by atoms with Gasteiger partial charge in [0.05, 0.1) is 10.4 Å². The maximum absolute atomic E-state index is 4.39. The zero-order valence-electron chi connectivity index (χ0n) is 10.8. The molecule has 2 nitrogen and oxygen atoms in total.